The predicted molar refractivity (Wildman–Crippen MR) is 130 cm³/mol. The molecule has 0 rings (SSSR count). The van der Waals surface area contributed by atoms with Crippen molar-refractivity contribution < 1.29 is 38.9 Å². The number of carbonyl (C=O) groups excluding carboxylic acids is 2. The monoisotopic (exact) mass is 546 g/mol. The van der Waals surface area contributed by atoms with Crippen molar-refractivity contribution in [3.05, 3.63) is 0 Å². The molecule has 0 aromatic rings. The molecule has 172 valence electrons. The van der Waals surface area contributed by atoms with E-state index in [0.717, 1.165) is 11.8 Å². The van der Waals surface area contributed by atoms with Gasteiger partial charge >= 0.3 is 5.97 Å². The minimum Gasteiger partial charge on any atom is -0.616 e. The first-order valence-corrected chi connectivity index (χ1v) is 16.4. The average Bonchev–Trinajstić information content (AvgIpc) is 2.71. The lowest BCUT2D eigenvalue weighted by Crippen LogP contribution is -2.13. The molecule has 0 bridgehead atoms. The molecule has 0 saturated carbocycles. The Bertz CT molecular complexity index is 408. The summed E-state index contributed by atoms with van der Waals surface area (Å²) in [5.74, 6) is 2.27. The van der Waals surface area contributed by atoms with E-state index < -0.39 is 11.2 Å². The standard InChI is InChI=1S/C14H26O8S7/c15-7-25-9-20-13(17)5-24-3-4-29(19)12-27-11-28-14(18)6-23-2-1-21-22-10-26-8-16/h15-16H,1-12H2. The molecule has 0 radical (unpaired) electrons. The summed E-state index contributed by atoms with van der Waals surface area (Å²) in [7, 11) is 0. The molecule has 0 fully saturated rings. The lowest BCUT2D eigenvalue weighted by Gasteiger charge is -2.10. The van der Waals surface area contributed by atoms with Gasteiger partial charge in [-0.15, -0.1) is 23.5 Å². The van der Waals surface area contributed by atoms with Crippen LogP contribution in [0.5, 0.6) is 0 Å². The van der Waals surface area contributed by atoms with E-state index in [0.29, 0.717) is 39.8 Å². The summed E-state index contributed by atoms with van der Waals surface area (Å²) in [5.41, 5.74) is 0. The molecule has 2 N–H and O–H groups in total. The van der Waals surface area contributed by atoms with Crippen molar-refractivity contribution in [2.24, 2.45) is 0 Å². The van der Waals surface area contributed by atoms with Crippen LogP contribution in [0.4, 0.5) is 0 Å². The van der Waals surface area contributed by atoms with Crippen LogP contribution in [0.25, 0.3) is 0 Å². The van der Waals surface area contributed by atoms with E-state index in [1.54, 1.807) is 0 Å². The van der Waals surface area contributed by atoms with Crippen molar-refractivity contribution in [3.63, 3.8) is 0 Å². The van der Waals surface area contributed by atoms with Crippen LogP contribution in [0, 0.1) is 0 Å². The van der Waals surface area contributed by atoms with E-state index >= 15 is 0 Å². The van der Waals surface area contributed by atoms with Gasteiger partial charge in [-0.05, 0) is 11.2 Å². The molecule has 1 unspecified atom stereocenters. The van der Waals surface area contributed by atoms with Gasteiger partial charge in [-0.25, -0.2) is 9.78 Å². The van der Waals surface area contributed by atoms with Crippen LogP contribution >= 0.6 is 70.6 Å². The zero-order valence-electron chi connectivity index (χ0n) is 15.7. The number of aliphatic hydroxyl groups excluding tert-OH is 2. The lowest BCUT2D eigenvalue weighted by atomic mass is 10.8. The summed E-state index contributed by atoms with van der Waals surface area (Å²) in [5, 5.41) is 18.2. The maximum absolute atomic E-state index is 11.9. The molecule has 0 aliphatic rings. The van der Waals surface area contributed by atoms with Gasteiger partial charge in [-0.3, -0.25) is 9.59 Å². The topological polar surface area (TPSA) is 125 Å². The Hall–Kier alpha value is 1.39. The van der Waals surface area contributed by atoms with Crippen molar-refractivity contribution in [3.8, 4) is 0 Å². The molecule has 0 saturated heterocycles. The maximum Gasteiger partial charge on any atom is 0.316 e. The fourth-order valence-electron chi connectivity index (χ4n) is 1.24. The summed E-state index contributed by atoms with van der Waals surface area (Å²) in [4.78, 5) is 32.7. The van der Waals surface area contributed by atoms with E-state index in [1.807, 2.05) is 0 Å². The van der Waals surface area contributed by atoms with Crippen molar-refractivity contribution in [1.29, 1.82) is 0 Å². The van der Waals surface area contributed by atoms with Crippen LogP contribution in [0.15, 0.2) is 0 Å². The van der Waals surface area contributed by atoms with Crippen molar-refractivity contribution in [2.75, 3.05) is 69.3 Å². The van der Waals surface area contributed by atoms with Crippen LogP contribution < -0.4 is 0 Å². The van der Waals surface area contributed by atoms with E-state index in [2.05, 4.69) is 0 Å². The Morgan fingerprint density at radius 1 is 0.897 bits per heavy atom. The minimum atomic E-state index is -0.993. The SMILES string of the molecule is O=C(CSCC[S+]([O-])CSCSC(=O)CSCCOOCSCO)OCSCO. The third kappa shape index (κ3) is 23.9. The number of carbonyl (C=O) groups is 2. The summed E-state index contributed by atoms with van der Waals surface area (Å²) in [6, 6.07) is 0. The Morgan fingerprint density at radius 3 is 2.38 bits per heavy atom. The van der Waals surface area contributed by atoms with E-state index in [9.17, 15) is 14.1 Å². The van der Waals surface area contributed by atoms with Crippen molar-refractivity contribution >= 4 is 92.8 Å². The molecular weight excluding hydrogens is 521 g/mol. The normalized spacial score (nSPS) is 12.1. The highest BCUT2D eigenvalue weighted by atomic mass is 32.3. The smallest absolute Gasteiger partial charge is 0.316 e. The molecule has 0 spiro atoms. The van der Waals surface area contributed by atoms with Crippen LogP contribution in [0.1, 0.15) is 0 Å². The van der Waals surface area contributed by atoms with Gasteiger partial charge in [0.05, 0.1) is 35.1 Å². The molecule has 29 heavy (non-hydrogen) atoms. The molecule has 8 nitrogen and oxygen atoms in total. The van der Waals surface area contributed by atoms with Crippen molar-refractivity contribution in [1.82, 2.24) is 0 Å². The van der Waals surface area contributed by atoms with Gasteiger partial charge in [-0.2, -0.15) is 11.8 Å². The highest BCUT2D eigenvalue weighted by Crippen LogP contribution is 2.18. The molecule has 0 aromatic heterocycles. The van der Waals surface area contributed by atoms with Crippen LogP contribution in [-0.2, 0) is 35.3 Å². The minimum absolute atomic E-state index is 0.0169. The molecule has 0 aliphatic carbocycles. The molecule has 0 amide bonds. The van der Waals surface area contributed by atoms with E-state index in [1.165, 1.54) is 58.8 Å². The lowest BCUT2D eigenvalue weighted by molar-refractivity contribution is -0.274. The number of hydrogen-bond donors (Lipinski definition) is 2. The molecule has 15 heteroatoms. The molecule has 0 aromatic carbocycles. The number of rotatable bonds is 21. The predicted octanol–water partition coefficient (Wildman–Crippen LogP) is 1.88. The third-order valence-electron chi connectivity index (χ3n) is 2.42. The van der Waals surface area contributed by atoms with E-state index in [4.69, 9.17) is 24.7 Å². The first-order valence-electron chi connectivity index (χ1n) is 8.11. The van der Waals surface area contributed by atoms with Gasteiger partial charge in [-0.1, -0.05) is 35.3 Å². The zero-order valence-corrected chi connectivity index (χ0v) is 21.4. The van der Waals surface area contributed by atoms with Crippen LogP contribution in [-0.4, -0.2) is 95.1 Å². The summed E-state index contributed by atoms with van der Waals surface area (Å²) in [6.45, 7) is 0.375. The number of hydrogen-bond acceptors (Lipinski definition) is 14. The number of esters is 1. The number of thioether (sulfide) groups is 6. The Labute approximate surface area is 199 Å². The Balaban J connectivity index is 3.39. The number of ether oxygens (including phenoxy) is 1. The second-order valence-electron chi connectivity index (χ2n) is 4.56. The second-order valence-corrected chi connectivity index (χ2v) is 12.9. The highest BCUT2D eigenvalue weighted by Gasteiger charge is 2.10. The molecule has 0 aliphatic heterocycles. The zero-order chi connectivity index (χ0) is 21.6. The first kappa shape index (κ1) is 30.4. The van der Waals surface area contributed by atoms with Crippen LogP contribution in [0.2, 0.25) is 0 Å². The summed E-state index contributed by atoms with van der Waals surface area (Å²) < 4.78 is 16.7. The molecule has 1 atom stereocenters. The van der Waals surface area contributed by atoms with Gasteiger partial charge in [0.2, 0.25) is 0 Å². The largest absolute Gasteiger partial charge is 0.616 e. The van der Waals surface area contributed by atoms with Gasteiger partial charge in [0, 0.05) is 11.5 Å². The summed E-state index contributed by atoms with van der Waals surface area (Å²) >= 11 is 6.81. The summed E-state index contributed by atoms with van der Waals surface area (Å²) in [6.07, 6.45) is 0. The van der Waals surface area contributed by atoms with Gasteiger partial charge in [0.25, 0.3) is 0 Å². The third-order valence-corrected chi connectivity index (χ3v) is 9.61. The van der Waals surface area contributed by atoms with Crippen LogP contribution in [0.3, 0.4) is 0 Å². The quantitative estimate of drug-likeness (QED) is 0.0543. The second kappa shape index (κ2) is 24.0. The van der Waals surface area contributed by atoms with Gasteiger partial charge in [0.15, 0.2) is 10.2 Å². The molecular formula is C14H26O8S7. The fraction of sp³-hybridized carbons (Fsp3) is 0.857. The Morgan fingerprint density at radius 2 is 1.62 bits per heavy atom. The average molecular weight is 547 g/mol. The maximum atomic E-state index is 11.9. The van der Waals surface area contributed by atoms with E-state index in [-0.39, 0.29) is 40.6 Å². The van der Waals surface area contributed by atoms with Crippen molar-refractivity contribution in [2.45, 2.75) is 0 Å². The fourth-order valence-corrected chi connectivity index (χ4v) is 7.39. The van der Waals surface area contributed by atoms with Gasteiger partial charge < -0.3 is 19.5 Å². The molecule has 0 heterocycles. The Kier molecular flexibility index (Phi) is 25.2. The number of aliphatic hydroxyl groups is 2. The van der Waals surface area contributed by atoms with Gasteiger partial charge in [0.1, 0.15) is 17.6 Å². The first-order chi connectivity index (χ1) is 14.1. The highest BCUT2D eigenvalue weighted by molar-refractivity contribution is 8.27.